The minimum absolute atomic E-state index is 0.295. The first-order chi connectivity index (χ1) is 13.5. The van der Waals surface area contributed by atoms with Gasteiger partial charge in [0, 0.05) is 16.0 Å². The molecule has 1 N–H and O–H groups in total. The largest absolute Gasteiger partial charge is 0.462 e. The van der Waals surface area contributed by atoms with Crippen LogP contribution in [0.5, 0.6) is 0 Å². The lowest BCUT2D eigenvalue weighted by atomic mass is 9.85. The fraction of sp³-hybridized carbons (Fsp3) is 0.364. The number of thiophene rings is 1. The van der Waals surface area contributed by atoms with Gasteiger partial charge in [-0.2, -0.15) is 0 Å². The van der Waals surface area contributed by atoms with Crippen molar-refractivity contribution in [1.82, 2.24) is 0 Å². The van der Waals surface area contributed by atoms with Crippen molar-refractivity contribution in [3.8, 4) is 0 Å². The second-order valence-corrected chi connectivity index (χ2v) is 8.30. The van der Waals surface area contributed by atoms with Gasteiger partial charge >= 0.3 is 5.97 Å². The molecule has 1 aliphatic rings. The van der Waals surface area contributed by atoms with Gasteiger partial charge in [0.1, 0.15) is 5.00 Å². The van der Waals surface area contributed by atoms with Crippen LogP contribution in [0.15, 0.2) is 30.3 Å². The lowest BCUT2D eigenvalue weighted by Crippen LogP contribution is -2.16. The first kappa shape index (κ1) is 20.6. The predicted octanol–water partition coefficient (Wildman–Crippen LogP) is 5.75. The number of hydrogen-bond donors (Lipinski definition) is 1. The van der Waals surface area contributed by atoms with Crippen LogP contribution < -0.4 is 5.32 Å². The molecular weight excluding hydrogens is 394 g/mol. The maximum Gasteiger partial charge on any atom is 0.341 e. The quantitative estimate of drug-likeness (QED) is 0.481. The van der Waals surface area contributed by atoms with Crippen LogP contribution in [0.1, 0.15) is 53.1 Å². The Morgan fingerprint density at radius 3 is 2.82 bits per heavy atom. The van der Waals surface area contributed by atoms with Gasteiger partial charge in [-0.05, 0) is 55.4 Å². The molecule has 1 amide bonds. The first-order valence-electron chi connectivity index (χ1n) is 9.58. The van der Waals surface area contributed by atoms with E-state index in [0.29, 0.717) is 28.1 Å². The molecule has 6 heteroatoms. The van der Waals surface area contributed by atoms with Gasteiger partial charge in [-0.15, -0.1) is 11.3 Å². The third-order valence-electron chi connectivity index (χ3n) is 4.98. The number of amides is 1. The number of nitrogens with one attached hydrogen (secondary N) is 1. The lowest BCUT2D eigenvalue weighted by Gasteiger charge is -2.20. The van der Waals surface area contributed by atoms with Gasteiger partial charge in [0.25, 0.3) is 0 Å². The van der Waals surface area contributed by atoms with Crippen LogP contribution in [0.4, 0.5) is 5.00 Å². The van der Waals surface area contributed by atoms with E-state index in [0.717, 1.165) is 36.8 Å². The van der Waals surface area contributed by atoms with Crippen molar-refractivity contribution >= 4 is 45.9 Å². The fourth-order valence-electron chi connectivity index (χ4n) is 3.44. The minimum atomic E-state index is -0.361. The molecule has 1 heterocycles. The normalized spacial score (nSPS) is 16.0. The first-order valence-corrected chi connectivity index (χ1v) is 10.8. The zero-order valence-corrected chi connectivity index (χ0v) is 17.7. The summed E-state index contributed by atoms with van der Waals surface area (Å²) in [7, 11) is 0. The van der Waals surface area contributed by atoms with Crippen molar-refractivity contribution in [2.75, 3.05) is 11.9 Å². The predicted molar refractivity (Wildman–Crippen MR) is 115 cm³/mol. The summed E-state index contributed by atoms with van der Waals surface area (Å²) in [6.45, 7) is 4.28. The average molecular weight is 418 g/mol. The SMILES string of the molecule is CCOC(=O)c1c(NC(=O)C=Cc2ccccc2Cl)sc2c1CCC(CC)C2. The highest BCUT2D eigenvalue weighted by Gasteiger charge is 2.29. The molecule has 148 valence electrons. The average Bonchev–Trinajstić information content (AvgIpc) is 3.04. The third-order valence-corrected chi connectivity index (χ3v) is 6.49. The number of carbonyl (C=O) groups excluding carboxylic acids is 2. The summed E-state index contributed by atoms with van der Waals surface area (Å²) in [5.41, 5.74) is 2.33. The smallest absolute Gasteiger partial charge is 0.341 e. The van der Waals surface area contributed by atoms with E-state index in [4.69, 9.17) is 16.3 Å². The molecule has 0 saturated heterocycles. The monoisotopic (exact) mass is 417 g/mol. The summed E-state index contributed by atoms with van der Waals surface area (Å²) < 4.78 is 5.25. The zero-order chi connectivity index (χ0) is 20.1. The van der Waals surface area contributed by atoms with Gasteiger partial charge in [-0.25, -0.2) is 4.79 Å². The Morgan fingerprint density at radius 2 is 2.11 bits per heavy atom. The molecule has 0 saturated carbocycles. The molecule has 3 rings (SSSR count). The maximum atomic E-state index is 12.6. The van der Waals surface area contributed by atoms with Crippen LogP contribution >= 0.6 is 22.9 Å². The van der Waals surface area contributed by atoms with E-state index in [1.165, 1.54) is 22.3 Å². The Labute approximate surface area is 174 Å². The fourth-order valence-corrected chi connectivity index (χ4v) is 4.99. The number of halogens is 1. The second kappa shape index (κ2) is 9.39. The van der Waals surface area contributed by atoms with Gasteiger partial charge in [0.2, 0.25) is 5.91 Å². The summed E-state index contributed by atoms with van der Waals surface area (Å²) in [6.07, 6.45) is 7.09. The topological polar surface area (TPSA) is 55.4 Å². The van der Waals surface area contributed by atoms with E-state index in [2.05, 4.69) is 12.2 Å². The van der Waals surface area contributed by atoms with Crippen molar-refractivity contribution in [3.63, 3.8) is 0 Å². The Balaban J connectivity index is 1.84. The third kappa shape index (κ3) is 4.65. The number of anilines is 1. The molecule has 2 aromatic rings. The molecule has 1 unspecified atom stereocenters. The van der Waals surface area contributed by atoms with Crippen molar-refractivity contribution in [3.05, 3.63) is 56.9 Å². The molecule has 28 heavy (non-hydrogen) atoms. The molecule has 1 atom stereocenters. The number of benzene rings is 1. The molecule has 0 aliphatic heterocycles. The van der Waals surface area contributed by atoms with E-state index in [9.17, 15) is 9.59 Å². The maximum absolute atomic E-state index is 12.6. The number of ether oxygens (including phenoxy) is 1. The van der Waals surface area contributed by atoms with E-state index in [1.807, 2.05) is 18.2 Å². The summed E-state index contributed by atoms with van der Waals surface area (Å²) >= 11 is 7.62. The molecule has 0 bridgehead atoms. The van der Waals surface area contributed by atoms with Crippen molar-refractivity contribution in [2.24, 2.45) is 5.92 Å². The molecule has 0 radical (unpaired) electrons. The summed E-state index contributed by atoms with van der Waals surface area (Å²) in [6, 6.07) is 7.31. The van der Waals surface area contributed by atoms with Crippen LogP contribution in [0.2, 0.25) is 5.02 Å². The van der Waals surface area contributed by atoms with Crippen molar-refractivity contribution in [2.45, 2.75) is 39.5 Å². The van der Waals surface area contributed by atoms with Crippen molar-refractivity contribution in [1.29, 1.82) is 0 Å². The number of hydrogen-bond acceptors (Lipinski definition) is 4. The molecule has 1 aromatic heterocycles. The van der Waals surface area contributed by atoms with Gasteiger partial charge in [-0.1, -0.05) is 43.1 Å². The minimum Gasteiger partial charge on any atom is -0.462 e. The van der Waals surface area contributed by atoms with Crippen LogP contribution in [-0.4, -0.2) is 18.5 Å². The van der Waals surface area contributed by atoms with E-state index >= 15 is 0 Å². The highest BCUT2D eigenvalue weighted by atomic mass is 35.5. The highest BCUT2D eigenvalue weighted by molar-refractivity contribution is 7.17. The number of rotatable bonds is 6. The van der Waals surface area contributed by atoms with Crippen LogP contribution in [-0.2, 0) is 22.4 Å². The number of fused-ring (bicyclic) bond motifs is 1. The zero-order valence-electron chi connectivity index (χ0n) is 16.1. The van der Waals surface area contributed by atoms with Gasteiger partial charge in [-0.3, -0.25) is 4.79 Å². The van der Waals surface area contributed by atoms with E-state index < -0.39 is 0 Å². The van der Waals surface area contributed by atoms with Gasteiger partial charge < -0.3 is 10.1 Å². The molecule has 0 spiro atoms. The lowest BCUT2D eigenvalue weighted by molar-refractivity contribution is -0.111. The molecule has 1 aromatic carbocycles. The Morgan fingerprint density at radius 1 is 1.32 bits per heavy atom. The van der Waals surface area contributed by atoms with Crippen LogP contribution in [0.3, 0.4) is 0 Å². The van der Waals surface area contributed by atoms with Crippen LogP contribution in [0.25, 0.3) is 6.08 Å². The Hall–Kier alpha value is -2.11. The molecule has 4 nitrogen and oxygen atoms in total. The van der Waals surface area contributed by atoms with Crippen molar-refractivity contribution < 1.29 is 14.3 Å². The summed E-state index contributed by atoms with van der Waals surface area (Å²) in [5.74, 6) is -0.0266. The van der Waals surface area contributed by atoms with E-state index in [1.54, 1.807) is 19.1 Å². The van der Waals surface area contributed by atoms with Gasteiger partial charge in [0.05, 0.1) is 12.2 Å². The summed E-state index contributed by atoms with van der Waals surface area (Å²) in [4.78, 5) is 26.2. The molecular formula is C22H24ClNO3S. The molecule has 0 fully saturated rings. The second-order valence-electron chi connectivity index (χ2n) is 6.79. The summed E-state index contributed by atoms with van der Waals surface area (Å²) in [5, 5.41) is 4.04. The Kier molecular flexibility index (Phi) is 6.92. The Bertz CT molecular complexity index is 903. The van der Waals surface area contributed by atoms with E-state index in [-0.39, 0.29) is 11.9 Å². The van der Waals surface area contributed by atoms with Gasteiger partial charge in [0.15, 0.2) is 0 Å². The molecule has 1 aliphatic carbocycles. The number of carbonyl (C=O) groups is 2. The number of esters is 1. The standard InChI is InChI=1S/C22H24ClNO3S/c1-3-14-9-11-16-18(13-14)28-21(20(16)22(26)27-4-2)24-19(25)12-10-15-7-5-6-8-17(15)23/h5-8,10,12,14H,3-4,9,11,13H2,1-2H3,(H,24,25). The van der Waals surface area contributed by atoms with Crippen LogP contribution in [0, 0.1) is 5.92 Å². The highest BCUT2D eigenvalue weighted by Crippen LogP contribution is 2.40.